The van der Waals surface area contributed by atoms with Crippen LogP contribution in [0.2, 0.25) is 0 Å². The Morgan fingerprint density at radius 3 is 3.07 bits per heavy atom. The Hall–Kier alpha value is -0.510. The number of halogens is 1. The molecule has 0 spiro atoms. The Morgan fingerprint density at radius 2 is 2.14 bits per heavy atom. The molecule has 1 N–H and O–H groups in total. The first-order chi connectivity index (χ1) is 6.86. The maximum atomic E-state index is 3.56. The van der Waals surface area contributed by atoms with Crippen LogP contribution in [-0.2, 0) is 6.42 Å². The quantitative estimate of drug-likeness (QED) is 0.559. The highest BCUT2D eigenvalue weighted by Crippen LogP contribution is 2.39. The van der Waals surface area contributed by atoms with Crippen LogP contribution in [0.4, 0.5) is 0 Å². The van der Waals surface area contributed by atoms with Crippen molar-refractivity contribution in [3.63, 3.8) is 0 Å². The van der Waals surface area contributed by atoms with E-state index < -0.39 is 0 Å². The first kappa shape index (κ1) is 8.77. The van der Waals surface area contributed by atoms with Crippen LogP contribution in [-0.4, -0.2) is 4.98 Å². The van der Waals surface area contributed by atoms with E-state index in [1.807, 2.05) is 0 Å². The van der Waals surface area contributed by atoms with Crippen LogP contribution in [0.5, 0.6) is 0 Å². The third kappa shape index (κ3) is 1.20. The summed E-state index contributed by atoms with van der Waals surface area (Å²) in [6.07, 6.45) is 3.90. The number of para-hydroxylation sites is 1. The zero-order chi connectivity index (χ0) is 9.54. The lowest BCUT2D eigenvalue weighted by atomic mass is 9.96. The minimum Gasteiger partial charge on any atom is -0.357 e. The van der Waals surface area contributed by atoms with Gasteiger partial charge in [0.15, 0.2) is 0 Å². The first-order valence-corrected chi connectivity index (χ1v) is 6.34. The Labute approximate surface area is 97.0 Å². The summed E-state index contributed by atoms with van der Waals surface area (Å²) in [4.78, 5) is 3.56. The van der Waals surface area contributed by atoms with Crippen LogP contribution in [0.1, 0.15) is 28.0 Å². The number of benzene rings is 1. The molecule has 0 saturated heterocycles. The number of aromatic amines is 1. The normalized spacial score (nSPS) is 21.1. The molecule has 1 aliphatic carbocycles. The largest absolute Gasteiger partial charge is 0.357 e. The molecule has 72 valence electrons. The van der Waals surface area contributed by atoms with Gasteiger partial charge in [-0.3, -0.25) is 0 Å². The van der Waals surface area contributed by atoms with Gasteiger partial charge in [-0.25, -0.2) is 0 Å². The second-order valence-electron chi connectivity index (χ2n) is 3.92. The molecule has 1 unspecified atom stereocenters. The maximum Gasteiger partial charge on any atom is 0.0513 e. The maximum absolute atomic E-state index is 3.56. The van der Waals surface area contributed by atoms with Crippen molar-refractivity contribution in [3.8, 4) is 0 Å². The van der Waals surface area contributed by atoms with Gasteiger partial charge in [-0.1, -0.05) is 40.8 Å². The highest BCUT2D eigenvalue weighted by Gasteiger charge is 2.21. The zero-order valence-electron chi connectivity index (χ0n) is 7.89. The van der Waals surface area contributed by atoms with Gasteiger partial charge >= 0.3 is 0 Å². The lowest BCUT2D eigenvalue weighted by Crippen LogP contribution is -2.02. The summed E-state index contributed by atoms with van der Waals surface area (Å²) in [7, 11) is 0. The molecule has 0 radical (unpaired) electrons. The van der Waals surface area contributed by atoms with E-state index in [0.717, 1.165) is 0 Å². The molecule has 1 nitrogen and oxygen atoms in total. The average molecular weight is 297 g/mol. The molecular formula is C12H12IN. The van der Waals surface area contributed by atoms with Crippen molar-refractivity contribution < 1.29 is 0 Å². The number of aryl methyl sites for hydroxylation is 1. The van der Waals surface area contributed by atoms with Crippen molar-refractivity contribution in [2.75, 3.05) is 0 Å². The minimum atomic E-state index is 0.684. The topological polar surface area (TPSA) is 15.8 Å². The van der Waals surface area contributed by atoms with Crippen LogP contribution >= 0.6 is 22.6 Å². The summed E-state index contributed by atoms with van der Waals surface area (Å²) in [6.45, 7) is 0. The summed E-state index contributed by atoms with van der Waals surface area (Å²) in [6, 6.07) is 8.65. The van der Waals surface area contributed by atoms with E-state index in [-0.39, 0.29) is 0 Å². The molecule has 0 aliphatic heterocycles. The summed E-state index contributed by atoms with van der Waals surface area (Å²) >= 11 is 2.55. The van der Waals surface area contributed by atoms with E-state index in [1.54, 1.807) is 5.56 Å². The smallest absolute Gasteiger partial charge is 0.0513 e. The van der Waals surface area contributed by atoms with Crippen molar-refractivity contribution in [2.24, 2.45) is 0 Å². The zero-order valence-corrected chi connectivity index (χ0v) is 10.0. The summed E-state index contributed by atoms with van der Waals surface area (Å²) in [5.41, 5.74) is 4.34. The van der Waals surface area contributed by atoms with Crippen molar-refractivity contribution in [3.05, 3.63) is 35.5 Å². The van der Waals surface area contributed by atoms with E-state index in [1.165, 1.54) is 35.9 Å². The monoisotopic (exact) mass is 297 g/mol. The van der Waals surface area contributed by atoms with E-state index in [0.29, 0.717) is 3.92 Å². The van der Waals surface area contributed by atoms with Gasteiger partial charge in [0, 0.05) is 16.6 Å². The molecule has 0 saturated carbocycles. The second kappa shape index (κ2) is 3.26. The number of aromatic nitrogens is 1. The Kier molecular flexibility index (Phi) is 2.04. The number of nitrogens with one attached hydrogen (secondary N) is 1. The number of hydrogen-bond donors (Lipinski definition) is 1. The first-order valence-electron chi connectivity index (χ1n) is 5.10. The van der Waals surface area contributed by atoms with Crippen molar-refractivity contribution in [2.45, 2.75) is 23.2 Å². The molecule has 14 heavy (non-hydrogen) atoms. The van der Waals surface area contributed by atoms with Gasteiger partial charge in [0.25, 0.3) is 0 Å². The third-order valence-corrected chi connectivity index (χ3v) is 4.29. The van der Waals surface area contributed by atoms with Crippen LogP contribution in [0.15, 0.2) is 24.3 Å². The fraction of sp³-hybridized carbons (Fsp3) is 0.333. The number of fused-ring (bicyclic) bond motifs is 3. The highest BCUT2D eigenvalue weighted by atomic mass is 127. The molecular weight excluding hydrogens is 285 g/mol. The van der Waals surface area contributed by atoms with E-state index in [2.05, 4.69) is 51.8 Å². The van der Waals surface area contributed by atoms with Crippen LogP contribution < -0.4 is 0 Å². The molecule has 1 aliphatic rings. The van der Waals surface area contributed by atoms with Gasteiger partial charge in [-0.15, -0.1) is 0 Å². The van der Waals surface area contributed by atoms with Gasteiger partial charge in [-0.2, -0.15) is 0 Å². The molecule has 1 atom stereocenters. The van der Waals surface area contributed by atoms with Crippen molar-refractivity contribution in [1.82, 2.24) is 4.98 Å². The summed E-state index contributed by atoms with van der Waals surface area (Å²) < 4.78 is 0.684. The van der Waals surface area contributed by atoms with Crippen LogP contribution in [0.25, 0.3) is 10.9 Å². The van der Waals surface area contributed by atoms with Gasteiger partial charge < -0.3 is 4.98 Å². The van der Waals surface area contributed by atoms with E-state index in [9.17, 15) is 0 Å². The Bertz CT molecular complexity index is 472. The summed E-state index contributed by atoms with van der Waals surface area (Å²) in [5.74, 6) is 0. The number of rotatable bonds is 0. The van der Waals surface area contributed by atoms with Gasteiger partial charge in [-0.05, 0) is 30.9 Å². The number of H-pyrrole nitrogens is 1. The fourth-order valence-electron chi connectivity index (χ4n) is 2.36. The Balaban J connectivity index is 2.32. The standard InChI is InChI=1S/C12H12IN/c13-10-6-3-5-9-8-4-1-2-7-11(8)14-12(9)10/h1-2,4,7,10,14H,3,5-6H2. The SMILES string of the molecule is IC1CCCc2c1[nH]c1ccccc21. The second-order valence-corrected chi connectivity index (χ2v) is 5.43. The fourth-order valence-corrected chi connectivity index (χ4v) is 3.33. The predicted octanol–water partition coefficient (Wildman–Crippen LogP) is 3.98. The van der Waals surface area contributed by atoms with E-state index in [4.69, 9.17) is 0 Å². The highest BCUT2D eigenvalue weighted by molar-refractivity contribution is 14.1. The molecule has 0 bridgehead atoms. The molecule has 0 fully saturated rings. The van der Waals surface area contributed by atoms with Crippen LogP contribution in [0, 0.1) is 0 Å². The average Bonchev–Trinajstić information content (AvgIpc) is 2.59. The predicted molar refractivity (Wildman–Crippen MR) is 68.0 cm³/mol. The third-order valence-electron chi connectivity index (χ3n) is 3.04. The molecule has 2 aromatic rings. The van der Waals surface area contributed by atoms with Gasteiger partial charge in [0.05, 0.1) is 3.92 Å². The minimum absolute atomic E-state index is 0.684. The Morgan fingerprint density at radius 1 is 1.29 bits per heavy atom. The lowest BCUT2D eigenvalue weighted by molar-refractivity contribution is 0.683. The van der Waals surface area contributed by atoms with Crippen molar-refractivity contribution >= 4 is 33.5 Å². The van der Waals surface area contributed by atoms with Crippen LogP contribution in [0.3, 0.4) is 0 Å². The van der Waals surface area contributed by atoms with E-state index >= 15 is 0 Å². The molecule has 1 aromatic heterocycles. The van der Waals surface area contributed by atoms with Gasteiger partial charge in [0.2, 0.25) is 0 Å². The molecule has 1 heterocycles. The number of alkyl halides is 1. The summed E-state index contributed by atoms with van der Waals surface area (Å²) in [5, 5.41) is 1.43. The van der Waals surface area contributed by atoms with Gasteiger partial charge in [0.1, 0.15) is 0 Å². The van der Waals surface area contributed by atoms with Crippen molar-refractivity contribution in [1.29, 1.82) is 0 Å². The lowest BCUT2D eigenvalue weighted by Gasteiger charge is -2.16. The molecule has 0 amide bonds. The molecule has 2 heteroatoms. The molecule has 3 rings (SSSR count). The molecule has 1 aromatic carbocycles. The number of hydrogen-bond acceptors (Lipinski definition) is 0.